The molecule has 1 saturated carbocycles. The van der Waals surface area contributed by atoms with Gasteiger partial charge in [-0.1, -0.05) is 34.1 Å². The van der Waals surface area contributed by atoms with Crippen LogP contribution in [-0.2, 0) is 16.8 Å². The summed E-state index contributed by atoms with van der Waals surface area (Å²) in [6, 6.07) is 7.65. The third-order valence-corrected chi connectivity index (χ3v) is 4.42. The fourth-order valence-corrected chi connectivity index (χ4v) is 2.94. The molecule has 1 aromatic carbocycles. The fourth-order valence-electron chi connectivity index (χ4n) is 1.58. The molecule has 0 heterocycles. The molecule has 1 aromatic rings. The lowest BCUT2D eigenvalue weighted by molar-refractivity contribution is 0.399. The first kappa shape index (κ1) is 12.0. The van der Waals surface area contributed by atoms with Crippen LogP contribution in [0, 0.1) is 0 Å². The molecule has 0 spiro atoms. The molecule has 1 aliphatic carbocycles. The molecular weight excluding hydrogens is 292 g/mol. The highest BCUT2D eigenvalue weighted by atomic mass is 79.9. The highest BCUT2D eigenvalue weighted by Gasteiger charge is 2.35. The van der Waals surface area contributed by atoms with Crippen molar-refractivity contribution in [2.45, 2.75) is 25.4 Å². The van der Waals surface area contributed by atoms with Crippen LogP contribution in [0.2, 0.25) is 0 Å². The molecule has 0 unspecified atom stereocenters. The maximum atomic E-state index is 11.4. The minimum absolute atomic E-state index is 0.0853. The second-order valence-electron chi connectivity index (χ2n) is 3.91. The zero-order valence-electron chi connectivity index (χ0n) is 8.64. The van der Waals surface area contributed by atoms with Crippen molar-refractivity contribution in [1.82, 2.24) is 4.31 Å². The molecule has 4 nitrogen and oxygen atoms in total. The van der Waals surface area contributed by atoms with Crippen molar-refractivity contribution in [3.05, 3.63) is 34.3 Å². The van der Waals surface area contributed by atoms with E-state index in [2.05, 4.69) is 15.9 Å². The van der Waals surface area contributed by atoms with E-state index in [-0.39, 0.29) is 6.04 Å². The zero-order valence-corrected chi connectivity index (χ0v) is 11.0. The van der Waals surface area contributed by atoms with Crippen molar-refractivity contribution in [2.75, 3.05) is 0 Å². The van der Waals surface area contributed by atoms with Gasteiger partial charge in [0.1, 0.15) is 0 Å². The molecule has 0 amide bonds. The van der Waals surface area contributed by atoms with Gasteiger partial charge in [0, 0.05) is 17.1 Å². The van der Waals surface area contributed by atoms with Crippen LogP contribution in [0.1, 0.15) is 18.4 Å². The van der Waals surface area contributed by atoms with Gasteiger partial charge in [0.05, 0.1) is 0 Å². The van der Waals surface area contributed by atoms with E-state index in [1.807, 2.05) is 24.3 Å². The predicted molar refractivity (Wildman–Crippen MR) is 65.8 cm³/mol. The van der Waals surface area contributed by atoms with Crippen molar-refractivity contribution in [2.24, 2.45) is 5.14 Å². The van der Waals surface area contributed by atoms with Crippen LogP contribution in [0.15, 0.2) is 28.7 Å². The SMILES string of the molecule is NS(=O)(=O)N(Cc1ccccc1Br)C1CC1. The maximum absolute atomic E-state index is 11.4. The Morgan fingerprint density at radius 2 is 2.00 bits per heavy atom. The Bertz CT molecular complexity index is 485. The lowest BCUT2D eigenvalue weighted by Gasteiger charge is -2.19. The lowest BCUT2D eigenvalue weighted by atomic mass is 10.2. The van der Waals surface area contributed by atoms with Crippen LogP contribution in [0.25, 0.3) is 0 Å². The Kier molecular flexibility index (Phi) is 3.34. The molecule has 88 valence electrons. The Morgan fingerprint density at radius 1 is 1.38 bits per heavy atom. The minimum Gasteiger partial charge on any atom is -0.216 e. The van der Waals surface area contributed by atoms with Crippen molar-refractivity contribution < 1.29 is 8.42 Å². The molecule has 1 aliphatic rings. The molecule has 0 aromatic heterocycles. The first-order valence-corrected chi connectivity index (χ1v) is 7.31. The summed E-state index contributed by atoms with van der Waals surface area (Å²) in [5.41, 5.74) is 0.934. The smallest absolute Gasteiger partial charge is 0.216 e. The van der Waals surface area contributed by atoms with Gasteiger partial charge in [-0.2, -0.15) is 12.7 Å². The molecule has 6 heteroatoms. The molecular formula is C10H13BrN2O2S. The van der Waals surface area contributed by atoms with E-state index in [0.29, 0.717) is 6.54 Å². The monoisotopic (exact) mass is 304 g/mol. The third-order valence-electron chi connectivity index (χ3n) is 2.57. The van der Waals surface area contributed by atoms with Crippen molar-refractivity contribution in [3.63, 3.8) is 0 Å². The van der Waals surface area contributed by atoms with Crippen molar-refractivity contribution >= 4 is 26.1 Å². The average Bonchev–Trinajstić information content (AvgIpc) is 2.98. The van der Waals surface area contributed by atoms with Crippen molar-refractivity contribution in [3.8, 4) is 0 Å². The van der Waals surface area contributed by atoms with E-state index in [1.165, 1.54) is 4.31 Å². The van der Waals surface area contributed by atoms with E-state index < -0.39 is 10.2 Å². The Balaban J connectivity index is 2.22. The molecule has 2 N–H and O–H groups in total. The van der Waals surface area contributed by atoms with Crippen LogP contribution in [-0.4, -0.2) is 18.8 Å². The number of hydrogen-bond donors (Lipinski definition) is 1. The van der Waals surface area contributed by atoms with Gasteiger partial charge in [0.15, 0.2) is 0 Å². The molecule has 0 atom stereocenters. The van der Waals surface area contributed by atoms with Gasteiger partial charge in [0.2, 0.25) is 0 Å². The summed E-state index contributed by atoms with van der Waals surface area (Å²) < 4.78 is 25.1. The zero-order chi connectivity index (χ0) is 11.8. The van der Waals surface area contributed by atoms with Gasteiger partial charge >= 0.3 is 0 Å². The molecule has 2 rings (SSSR count). The average molecular weight is 305 g/mol. The topological polar surface area (TPSA) is 63.4 Å². The summed E-state index contributed by atoms with van der Waals surface area (Å²) in [5.74, 6) is 0. The van der Waals surface area contributed by atoms with Gasteiger partial charge in [-0.05, 0) is 24.5 Å². The van der Waals surface area contributed by atoms with Crippen molar-refractivity contribution in [1.29, 1.82) is 0 Å². The normalized spacial score (nSPS) is 16.7. The molecule has 16 heavy (non-hydrogen) atoms. The number of hydrogen-bond acceptors (Lipinski definition) is 2. The summed E-state index contributed by atoms with van der Waals surface area (Å²) >= 11 is 3.40. The van der Waals surface area contributed by atoms with Gasteiger partial charge < -0.3 is 0 Å². The van der Waals surface area contributed by atoms with E-state index in [4.69, 9.17) is 5.14 Å². The minimum atomic E-state index is -3.60. The molecule has 1 fully saturated rings. The summed E-state index contributed by atoms with van der Waals surface area (Å²) in [4.78, 5) is 0. The van der Waals surface area contributed by atoms with E-state index in [0.717, 1.165) is 22.9 Å². The first-order chi connectivity index (χ1) is 7.48. The number of halogens is 1. The fraction of sp³-hybridized carbons (Fsp3) is 0.400. The second-order valence-corrected chi connectivity index (χ2v) is 6.27. The van der Waals surface area contributed by atoms with E-state index in [9.17, 15) is 8.42 Å². The number of nitrogens with zero attached hydrogens (tertiary/aromatic N) is 1. The highest BCUT2D eigenvalue weighted by Crippen LogP contribution is 2.31. The highest BCUT2D eigenvalue weighted by molar-refractivity contribution is 9.10. The first-order valence-electron chi connectivity index (χ1n) is 5.01. The van der Waals surface area contributed by atoms with Crippen LogP contribution >= 0.6 is 15.9 Å². The maximum Gasteiger partial charge on any atom is 0.277 e. The van der Waals surface area contributed by atoms with Gasteiger partial charge in [-0.25, -0.2) is 5.14 Å². The Morgan fingerprint density at radius 3 is 2.50 bits per heavy atom. The summed E-state index contributed by atoms with van der Waals surface area (Å²) in [7, 11) is -3.60. The third kappa shape index (κ3) is 2.82. The molecule has 0 saturated heterocycles. The molecule has 0 radical (unpaired) electrons. The second kappa shape index (κ2) is 4.44. The summed E-state index contributed by atoms with van der Waals surface area (Å²) in [5, 5.41) is 5.20. The van der Waals surface area contributed by atoms with E-state index >= 15 is 0 Å². The van der Waals surface area contributed by atoms with Gasteiger partial charge in [-0.15, -0.1) is 0 Å². The number of nitrogens with two attached hydrogens (primary N) is 1. The Labute approximate surface area is 104 Å². The summed E-state index contributed by atoms with van der Waals surface area (Å²) in [6.45, 7) is 0.338. The van der Waals surface area contributed by atoms with Crippen LogP contribution in [0.5, 0.6) is 0 Å². The quantitative estimate of drug-likeness (QED) is 0.918. The largest absolute Gasteiger partial charge is 0.277 e. The van der Waals surface area contributed by atoms with Gasteiger partial charge in [-0.3, -0.25) is 0 Å². The van der Waals surface area contributed by atoms with Gasteiger partial charge in [0.25, 0.3) is 10.2 Å². The van der Waals surface area contributed by atoms with Crippen LogP contribution < -0.4 is 5.14 Å². The molecule has 0 aliphatic heterocycles. The van der Waals surface area contributed by atoms with Crippen LogP contribution in [0.4, 0.5) is 0 Å². The lowest BCUT2D eigenvalue weighted by Crippen LogP contribution is -2.37. The van der Waals surface area contributed by atoms with E-state index in [1.54, 1.807) is 0 Å². The standard InChI is InChI=1S/C10H13BrN2O2S/c11-10-4-2-1-3-8(10)7-13(9-5-6-9)16(12,14)15/h1-4,9H,5-7H2,(H2,12,14,15). The number of rotatable bonds is 4. The molecule has 0 bridgehead atoms. The predicted octanol–water partition coefficient (Wildman–Crippen LogP) is 1.62. The summed E-state index contributed by atoms with van der Waals surface area (Å²) in [6.07, 6.45) is 1.81. The Hall–Kier alpha value is -0.430. The number of benzene rings is 1. The van der Waals surface area contributed by atoms with Crippen LogP contribution in [0.3, 0.4) is 0 Å².